The molecule has 0 aliphatic rings. The highest BCUT2D eigenvalue weighted by molar-refractivity contribution is 6.04. The molecule has 23 heavy (non-hydrogen) atoms. The van der Waals surface area contributed by atoms with Crippen LogP contribution in [-0.2, 0) is 6.54 Å². The maximum atomic E-state index is 14.0. The molecule has 1 amide bonds. The van der Waals surface area contributed by atoms with Crippen LogP contribution in [0.5, 0.6) is 0 Å². The van der Waals surface area contributed by atoms with Crippen molar-refractivity contribution in [1.82, 2.24) is 15.1 Å². The van der Waals surface area contributed by atoms with Gasteiger partial charge in [0, 0.05) is 23.7 Å². The summed E-state index contributed by atoms with van der Waals surface area (Å²) in [5.41, 5.74) is 6.51. The van der Waals surface area contributed by atoms with Crippen LogP contribution in [0.2, 0.25) is 0 Å². The Labute approximate surface area is 130 Å². The fourth-order valence-corrected chi connectivity index (χ4v) is 2.43. The molecule has 0 fully saturated rings. The Morgan fingerprint density at radius 2 is 2.09 bits per heavy atom. The summed E-state index contributed by atoms with van der Waals surface area (Å²) in [6, 6.07) is 6.96. The van der Waals surface area contributed by atoms with Crippen molar-refractivity contribution in [2.24, 2.45) is 5.73 Å². The van der Waals surface area contributed by atoms with Gasteiger partial charge in [-0.05, 0) is 31.3 Å². The summed E-state index contributed by atoms with van der Waals surface area (Å²) >= 11 is 0. The van der Waals surface area contributed by atoms with Crippen molar-refractivity contribution >= 4 is 16.8 Å². The van der Waals surface area contributed by atoms with Crippen LogP contribution in [0.1, 0.15) is 15.9 Å². The lowest BCUT2D eigenvalue weighted by atomic mass is 10.1. The average molecular weight is 316 g/mol. The normalized spacial score (nSPS) is 11.1. The highest BCUT2D eigenvalue weighted by Gasteiger charge is 2.14. The average Bonchev–Trinajstić information content (AvgIpc) is 2.92. The first-order chi connectivity index (χ1) is 11.0. The van der Waals surface area contributed by atoms with Crippen molar-refractivity contribution in [2.45, 2.75) is 6.54 Å². The molecule has 7 heteroatoms. The smallest absolute Gasteiger partial charge is 0.251 e. The minimum absolute atomic E-state index is 0.00831. The van der Waals surface area contributed by atoms with Gasteiger partial charge in [0.05, 0.1) is 11.3 Å². The Bertz CT molecular complexity index is 904. The predicted octanol–water partition coefficient (Wildman–Crippen LogP) is 2.12. The van der Waals surface area contributed by atoms with E-state index in [-0.39, 0.29) is 16.9 Å². The third-order valence-electron chi connectivity index (χ3n) is 3.51. The van der Waals surface area contributed by atoms with Crippen LogP contribution in [0, 0.1) is 11.6 Å². The third-order valence-corrected chi connectivity index (χ3v) is 3.51. The lowest BCUT2D eigenvalue weighted by Gasteiger charge is -2.05. The van der Waals surface area contributed by atoms with E-state index in [9.17, 15) is 13.6 Å². The highest BCUT2D eigenvalue weighted by atomic mass is 19.1. The van der Waals surface area contributed by atoms with Gasteiger partial charge in [-0.3, -0.25) is 4.79 Å². The quantitative estimate of drug-likeness (QED) is 0.774. The van der Waals surface area contributed by atoms with E-state index in [0.29, 0.717) is 23.2 Å². The van der Waals surface area contributed by atoms with E-state index in [1.165, 1.54) is 23.0 Å². The summed E-state index contributed by atoms with van der Waals surface area (Å²) in [7, 11) is 1.73. The fourth-order valence-electron chi connectivity index (χ4n) is 2.43. The molecule has 1 aromatic heterocycles. The number of nitrogens with zero attached hydrogens (tertiary/aromatic N) is 2. The zero-order chi connectivity index (χ0) is 16.6. The van der Waals surface area contributed by atoms with Gasteiger partial charge in [-0.2, -0.15) is 5.10 Å². The summed E-state index contributed by atoms with van der Waals surface area (Å²) in [5.74, 6) is -1.73. The molecular weight excluding hydrogens is 302 g/mol. The fraction of sp³-hybridized carbons (Fsp3) is 0.125. The van der Waals surface area contributed by atoms with Crippen LogP contribution in [0.3, 0.4) is 0 Å². The van der Waals surface area contributed by atoms with E-state index in [0.717, 1.165) is 6.07 Å². The SMILES string of the molecule is CNCc1ccc(-n2cc3cc(F)cc(C(N)=O)c3n2)cc1F. The molecule has 118 valence electrons. The molecule has 2 aromatic carbocycles. The highest BCUT2D eigenvalue weighted by Crippen LogP contribution is 2.22. The van der Waals surface area contributed by atoms with Gasteiger partial charge < -0.3 is 11.1 Å². The molecule has 3 rings (SSSR count). The van der Waals surface area contributed by atoms with Crippen molar-refractivity contribution in [1.29, 1.82) is 0 Å². The Morgan fingerprint density at radius 3 is 2.74 bits per heavy atom. The number of aromatic nitrogens is 2. The summed E-state index contributed by atoms with van der Waals surface area (Å²) in [5, 5.41) is 7.52. The molecule has 3 aromatic rings. The number of halogens is 2. The van der Waals surface area contributed by atoms with E-state index >= 15 is 0 Å². The first kappa shape index (κ1) is 15.1. The van der Waals surface area contributed by atoms with E-state index in [4.69, 9.17) is 5.73 Å². The summed E-state index contributed by atoms with van der Waals surface area (Å²) < 4.78 is 29.0. The van der Waals surface area contributed by atoms with Gasteiger partial charge >= 0.3 is 0 Å². The molecular formula is C16H14F2N4O. The zero-order valence-electron chi connectivity index (χ0n) is 12.3. The molecule has 0 aliphatic carbocycles. The molecule has 0 unspecified atom stereocenters. The Morgan fingerprint density at radius 1 is 1.30 bits per heavy atom. The maximum Gasteiger partial charge on any atom is 0.251 e. The number of fused-ring (bicyclic) bond motifs is 1. The van der Waals surface area contributed by atoms with E-state index in [2.05, 4.69) is 10.4 Å². The Balaban J connectivity index is 2.12. The molecule has 5 nitrogen and oxygen atoms in total. The Hall–Kier alpha value is -2.80. The molecule has 3 N–H and O–H groups in total. The zero-order valence-corrected chi connectivity index (χ0v) is 12.3. The largest absolute Gasteiger partial charge is 0.366 e. The van der Waals surface area contributed by atoms with Gasteiger partial charge in [0.2, 0.25) is 0 Å². The van der Waals surface area contributed by atoms with Crippen molar-refractivity contribution in [3.05, 3.63) is 59.3 Å². The monoisotopic (exact) mass is 316 g/mol. The maximum absolute atomic E-state index is 14.0. The van der Waals surface area contributed by atoms with Crippen molar-refractivity contribution < 1.29 is 13.6 Å². The second kappa shape index (κ2) is 5.77. The van der Waals surface area contributed by atoms with Gasteiger partial charge in [-0.25, -0.2) is 13.5 Å². The molecule has 0 saturated carbocycles. The second-order valence-electron chi connectivity index (χ2n) is 5.14. The molecule has 0 atom stereocenters. The van der Waals surface area contributed by atoms with Gasteiger partial charge in [0.15, 0.2) is 0 Å². The number of hydrogen-bond donors (Lipinski definition) is 2. The number of benzene rings is 2. The van der Waals surface area contributed by atoms with E-state index in [1.54, 1.807) is 19.2 Å². The molecule has 0 bridgehead atoms. The molecule has 0 spiro atoms. The van der Waals surface area contributed by atoms with Crippen LogP contribution < -0.4 is 11.1 Å². The summed E-state index contributed by atoms with van der Waals surface area (Å²) in [6.07, 6.45) is 1.53. The summed E-state index contributed by atoms with van der Waals surface area (Å²) in [6.45, 7) is 0.407. The lowest BCUT2D eigenvalue weighted by Crippen LogP contribution is -2.12. The first-order valence-corrected chi connectivity index (χ1v) is 6.91. The van der Waals surface area contributed by atoms with Crippen molar-refractivity contribution in [2.75, 3.05) is 7.05 Å². The minimum Gasteiger partial charge on any atom is -0.366 e. The Kier molecular flexibility index (Phi) is 3.79. The number of carbonyl (C=O) groups excluding carboxylic acids is 1. The molecule has 1 heterocycles. The number of carbonyl (C=O) groups is 1. The minimum atomic E-state index is -0.768. The predicted molar refractivity (Wildman–Crippen MR) is 82.3 cm³/mol. The lowest BCUT2D eigenvalue weighted by molar-refractivity contribution is 0.100. The summed E-state index contributed by atoms with van der Waals surface area (Å²) in [4.78, 5) is 11.4. The van der Waals surface area contributed by atoms with Crippen LogP contribution in [0.4, 0.5) is 8.78 Å². The number of nitrogens with one attached hydrogen (secondary N) is 1. The van der Waals surface area contributed by atoms with Crippen LogP contribution in [-0.4, -0.2) is 22.7 Å². The second-order valence-corrected chi connectivity index (χ2v) is 5.14. The van der Waals surface area contributed by atoms with Crippen molar-refractivity contribution in [3.8, 4) is 5.69 Å². The number of rotatable bonds is 4. The number of amides is 1. The van der Waals surface area contributed by atoms with Gasteiger partial charge in [0.25, 0.3) is 5.91 Å². The first-order valence-electron chi connectivity index (χ1n) is 6.91. The third kappa shape index (κ3) is 2.78. The van der Waals surface area contributed by atoms with Crippen LogP contribution in [0.25, 0.3) is 16.6 Å². The van der Waals surface area contributed by atoms with Gasteiger partial charge in [-0.1, -0.05) is 6.07 Å². The number of primary amides is 1. The van der Waals surface area contributed by atoms with Crippen LogP contribution >= 0.6 is 0 Å². The topological polar surface area (TPSA) is 72.9 Å². The number of nitrogens with two attached hydrogens (primary N) is 1. The van der Waals surface area contributed by atoms with Gasteiger partial charge in [0.1, 0.15) is 17.2 Å². The molecule has 0 radical (unpaired) electrons. The molecule has 0 saturated heterocycles. The standard InChI is InChI=1S/C16H14F2N4O/c1-20-7-9-2-3-12(6-14(9)18)22-8-10-4-11(17)5-13(16(19)23)15(10)21-22/h2-6,8,20H,7H2,1H3,(H2,19,23). The van der Waals surface area contributed by atoms with E-state index < -0.39 is 11.7 Å². The number of hydrogen-bond acceptors (Lipinski definition) is 3. The van der Waals surface area contributed by atoms with Crippen LogP contribution in [0.15, 0.2) is 36.5 Å². The molecule has 0 aliphatic heterocycles. The van der Waals surface area contributed by atoms with Crippen molar-refractivity contribution in [3.63, 3.8) is 0 Å². The van der Waals surface area contributed by atoms with E-state index in [1.807, 2.05) is 0 Å². The van der Waals surface area contributed by atoms with Gasteiger partial charge in [-0.15, -0.1) is 0 Å².